The first-order valence-electron chi connectivity index (χ1n) is 7.52. The summed E-state index contributed by atoms with van der Waals surface area (Å²) in [6.07, 6.45) is 4.30. The van der Waals surface area contributed by atoms with Crippen molar-refractivity contribution in [3.05, 3.63) is 29.8 Å². The molecule has 2 aliphatic rings. The Morgan fingerprint density at radius 1 is 1.40 bits per heavy atom. The minimum atomic E-state index is -0.0923. The molecule has 3 rings (SSSR count). The van der Waals surface area contributed by atoms with Gasteiger partial charge in [0.1, 0.15) is 6.04 Å². The Balaban J connectivity index is 1.52. The molecule has 2 N–H and O–H groups in total. The molecule has 1 aromatic carbocycles. The summed E-state index contributed by atoms with van der Waals surface area (Å²) in [5.74, 6) is 1.33. The van der Waals surface area contributed by atoms with Crippen molar-refractivity contribution >= 4 is 23.4 Å². The summed E-state index contributed by atoms with van der Waals surface area (Å²) >= 11 is 2.02. The largest absolute Gasteiger partial charge is 0.373 e. The van der Waals surface area contributed by atoms with Crippen LogP contribution in [-0.4, -0.2) is 29.0 Å². The normalized spacial score (nSPS) is 27.9. The Bertz CT molecular complexity index is 466. The van der Waals surface area contributed by atoms with Crippen molar-refractivity contribution in [2.45, 2.75) is 49.9 Å². The molecule has 0 spiro atoms. The third-order valence-electron chi connectivity index (χ3n) is 4.22. The lowest BCUT2D eigenvalue weighted by Crippen LogP contribution is -2.43. The first-order valence-corrected chi connectivity index (χ1v) is 8.57. The zero-order chi connectivity index (χ0) is 13.9. The molecule has 1 aliphatic carbocycles. The maximum atomic E-state index is 12.4. The van der Waals surface area contributed by atoms with Gasteiger partial charge in [0.05, 0.1) is 0 Å². The van der Waals surface area contributed by atoms with Crippen molar-refractivity contribution in [3.63, 3.8) is 0 Å². The number of fused-ring (bicyclic) bond motifs is 1. The van der Waals surface area contributed by atoms with E-state index < -0.39 is 0 Å². The Hall–Kier alpha value is -1.16. The number of para-hydroxylation sites is 1. The summed E-state index contributed by atoms with van der Waals surface area (Å²) in [6.45, 7) is 2.20. The first kappa shape index (κ1) is 13.8. The van der Waals surface area contributed by atoms with Gasteiger partial charge in [0.2, 0.25) is 5.91 Å². The lowest BCUT2D eigenvalue weighted by molar-refractivity contribution is -0.122. The molecule has 3 unspecified atom stereocenters. The van der Waals surface area contributed by atoms with Gasteiger partial charge in [-0.15, -0.1) is 0 Å². The van der Waals surface area contributed by atoms with Gasteiger partial charge in [-0.2, -0.15) is 11.8 Å². The van der Waals surface area contributed by atoms with Crippen LogP contribution >= 0.6 is 11.8 Å². The van der Waals surface area contributed by atoms with E-state index in [1.54, 1.807) is 0 Å². The molecule has 0 bridgehead atoms. The molecule has 4 heteroatoms. The van der Waals surface area contributed by atoms with Crippen LogP contribution in [0.5, 0.6) is 0 Å². The van der Waals surface area contributed by atoms with Gasteiger partial charge in [-0.3, -0.25) is 4.79 Å². The molecule has 0 aromatic heterocycles. The zero-order valence-corrected chi connectivity index (χ0v) is 12.7. The number of rotatable bonds is 4. The van der Waals surface area contributed by atoms with Gasteiger partial charge in [-0.25, -0.2) is 0 Å². The summed E-state index contributed by atoms with van der Waals surface area (Å²) in [4.78, 5) is 12.4. The van der Waals surface area contributed by atoms with Gasteiger partial charge >= 0.3 is 0 Å². The van der Waals surface area contributed by atoms with Crippen LogP contribution in [0.2, 0.25) is 0 Å². The highest BCUT2D eigenvalue weighted by molar-refractivity contribution is 7.99. The zero-order valence-electron chi connectivity index (χ0n) is 11.9. The van der Waals surface area contributed by atoms with Gasteiger partial charge in [-0.05, 0) is 36.6 Å². The van der Waals surface area contributed by atoms with Crippen molar-refractivity contribution < 1.29 is 4.79 Å². The topological polar surface area (TPSA) is 41.1 Å². The Kier molecular flexibility index (Phi) is 4.20. The fraction of sp³-hybridized carbons (Fsp3) is 0.562. The van der Waals surface area contributed by atoms with E-state index in [1.165, 1.54) is 17.7 Å². The second-order valence-corrected chi connectivity index (χ2v) is 7.23. The summed E-state index contributed by atoms with van der Waals surface area (Å²) < 4.78 is 0. The van der Waals surface area contributed by atoms with Gasteiger partial charge in [0.15, 0.2) is 0 Å². The molecule has 1 amide bonds. The molecule has 1 aromatic rings. The molecule has 3 nitrogen and oxygen atoms in total. The lowest BCUT2D eigenvalue weighted by Gasteiger charge is -2.17. The van der Waals surface area contributed by atoms with Crippen LogP contribution in [0.15, 0.2) is 24.3 Å². The number of thioether (sulfide) groups is 1. The van der Waals surface area contributed by atoms with Crippen molar-refractivity contribution in [3.8, 4) is 0 Å². The van der Waals surface area contributed by atoms with E-state index in [1.807, 2.05) is 30.0 Å². The van der Waals surface area contributed by atoms with Crippen LogP contribution in [-0.2, 0) is 11.2 Å². The molecule has 1 saturated carbocycles. The van der Waals surface area contributed by atoms with Crippen molar-refractivity contribution in [2.75, 3.05) is 11.1 Å². The van der Waals surface area contributed by atoms with E-state index in [-0.39, 0.29) is 11.9 Å². The second-order valence-electron chi connectivity index (χ2n) is 5.65. The van der Waals surface area contributed by atoms with Gasteiger partial charge in [0, 0.05) is 23.4 Å². The minimum Gasteiger partial charge on any atom is -0.373 e. The number of benzene rings is 1. The van der Waals surface area contributed by atoms with E-state index in [9.17, 15) is 4.79 Å². The summed E-state index contributed by atoms with van der Waals surface area (Å²) in [7, 11) is 0. The number of nitrogens with one attached hydrogen (secondary N) is 2. The van der Waals surface area contributed by atoms with E-state index in [4.69, 9.17) is 0 Å². The number of amides is 1. The predicted molar refractivity (Wildman–Crippen MR) is 85.3 cm³/mol. The molecular formula is C16H22N2OS. The van der Waals surface area contributed by atoms with Gasteiger partial charge in [-0.1, -0.05) is 25.1 Å². The molecule has 108 valence electrons. The molecule has 1 aliphatic heterocycles. The summed E-state index contributed by atoms with van der Waals surface area (Å²) in [5, 5.41) is 7.29. The highest BCUT2D eigenvalue weighted by Crippen LogP contribution is 2.30. The predicted octanol–water partition coefficient (Wildman–Crippen LogP) is 2.81. The molecule has 1 heterocycles. The van der Waals surface area contributed by atoms with Crippen molar-refractivity contribution in [1.29, 1.82) is 0 Å². The van der Waals surface area contributed by atoms with Gasteiger partial charge in [0.25, 0.3) is 0 Å². The number of hydrogen-bond acceptors (Lipinski definition) is 3. The molecular weight excluding hydrogens is 268 g/mol. The third kappa shape index (κ3) is 2.95. The first-order chi connectivity index (χ1) is 9.76. The summed E-state index contributed by atoms with van der Waals surface area (Å²) in [5.41, 5.74) is 2.36. The fourth-order valence-electron chi connectivity index (χ4n) is 3.22. The van der Waals surface area contributed by atoms with E-state index in [0.29, 0.717) is 6.04 Å². The number of carbonyl (C=O) groups excluding carboxylic acids is 1. The van der Waals surface area contributed by atoms with Crippen molar-refractivity contribution in [1.82, 2.24) is 5.32 Å². The second kappa shape index (κ2) is 6.08. The van der Waals surface area contributed by atoms with Crippen LogP contribution in [0.25, 0.3) is 0 Å². The molecule has 20 heavy (non-hydrogen) atoms. The minimum absolute atomic E-state index is 0.0923. The van der Waals surface area contributed by atoms with Crippen LogP contribution in [0.3, 0.4) is 0 Å². The highest BCUT2D eigenvalue weighted by atomic mass is 32.2. The Labute approximate surface area is 124 Å². The smallest absolute Gasteiger partial charge is 0.243 e. The highest BCUT2D eigenvalue weighted by Gasteiger charge is 2.30. The number of carbonyl (C=O) groups is 1. The lowest BCUT2D eigenvalue weighted by atomic mass is 10.1. The maximum Gasteiger partial charge on any atom is 0.243 e. The Morgan fingerprint density at radius 2 is 2.25 bits per heavy atom. The molecule has 0 radical (unpaired) electrons. The monoisotopic (exact) mass is 290 g/mol. The summed E-state index contributed by atoms with van der Waals surface area (Å²) in [6, 6.07) is 8.47. The standard InChI is InChI=1S/C16H22N2OS/c1-2-20-13-8-7-12(10-13)17-16(19)15-9-11-5-3-4-6-14(11)18-15/h3-6,12-13,15,18H,2,7-10H2,1H3,(H,17,19). The third-order valence-corrected chi connectivity index (χ3v) is 5.45. The van der Waals surface area contributed by atoms with Crippen LogP contribution < -0.4 is 10.6 Å². The molecule has 1 fully saturated rings. The van der Waals surface area contributed by atoms with E-state index >= 15 is 0 Å². The maximum absolute atomic E-state index is 12.4. The number of anilines is 1. The van der Waals surface area contributed by atoms with Crippen molar-refractivity contribution in [2.24, 2.45) is 0 Å². The molecule has 0 saturated heterocycles. The van der Waals surface area contributed by atoms with Crippen LogP contribution in [0.1, 0.15) is 31.7 Å². The average molecular weight is 290 g/mol. The molecule has 3 atom stereocenters. The average Bonchev–Trinajstić information content (AvgIpc) is 3.05. The Morgan fingerprint density at radius 3 is 3.05 bits per heavy atom. The quantitative estimate of drug-likeness (QED) is 0.896. The fourth-order valence-corrected chi connectivity index (χ4v) is 4.36. The van der Waals surface area contributed by atoms with Gasteiger partial charge < -0.3 is 10.6 Å². The van der Waals surface area contributed by atoms with E-state index in [0.717, 1.165) is 30.2 Å². The number of hydrogen-bond donors (Lipinski definition) is 2. The van der Waals surface area contributed by atoms with Crippen LogP contribution in [0, 0.1) is 0 Å². The van der Waals surface area contributed by atoms with Crippen LogP contribution in [0.4, 0.5) is 5.69 Å². The SMILES string of the molecule is CCSC1CCC(NC(=O)C2Cc3ccccc3N2)C1. The van der Waals surface area contributed by atoms with E-state index in [2.05, 4.69) is 23.6 Å².